The summed E-state index contributed by atoms with van der Waals surface area (Å²) in [5.41, 5.74) is 6.09. The van der Waals surface area contributed by atoms with E-state index in [0.29, 0.717) is 0 Å². The molecule has 2 heteroatoms. The third-order valence-corrected chi connectivity index (χ3v) is 8.94. The molecule has 2 aromatic carbocycles. The minimum absolute atomic E-state index is 0.110. The summed E-state index contributed by atoms with van der Waals surface area (Å²) in [7, 11) is 0.0367. The van der Waals surface area contributed by atoms with Crippen molar-refractivity contribution in [3.8, 4) is 0 Å². The molecule has 0 aromatic heterocycles. The summed E-state index contributed by atoms with van der Waals surface area (Å²) in [6.07, 6.45) is 0. The van der Waals surface area contributed by atoms with E-state index in [1.807, 2.05) is 0 Å². The van der Waals surface area contributed by atoms with Crippen LogP contribution in [0.15, 0.2) is 36.4 Å². The highest BCUT2D eigenvalue weighted by Gasteiger charge is 2.28. The summed E-state index contributed by atoms with van der Waals surface area (Å²) in [5.74, 6) is 2.39. The minimum atomic E-state index is -1.25. The maximum atomic E-state index is 2.47. The van der Waals surface area contributed by atoms with Gasteiger partial charge in [-0.1, -0.05) is 132 Å². The van der Waals surface area contributed by atoms with Crippen LogP contribution in [0.3, 0.4) is 0 Å². The van der Waals surface area contributed by atoms with E-state index in [0.717, 1.165) is 0 Å². The van der Waals surface area contributed by atoms with E-state index in [4.69, 9.17) is 0 Å². The molecule has 0 aliphatic carbocycles. The SMILES string of the molecule is CC(C)(C)c1cc(C(C)(C)C)c(P=Cc2ccc([Si](C)(C)C)cc2)c(C(C)(C)C)c1. The monoisotopic (exact) mass is 438 g/mol. The van der Waals surface area contributed by atoms with E-state index in [9.17, 15) is 0 Å². The molecule has 0 spiro atoms. The lowest BCUT2D eigenvalue weighted by Crippen LogP contribution is -2.37. The average molecular weight is 439 g/mol. The van der Waals surface area contributed by atoms with Gasteiger partial charge in [-0.05, 0) is 44.3 Å². The standard InChI is InChI=1S/C28H43PSi/c1-26(2,3)21-17-23(27(4,5)6)25(24(18-21)28(7,8)9)29-19-20-13-15-22(16-14-20)30(10,11)12/h13-19H,1-12H3. The largest absolute Gasteiger partial charge is 0.0775 e. The number of hydrogen-bond donors (Lipinski definition) is 0. The fraction of sp³-hybridized carbons (Fsp3) is 0.536. The third kappa shape index (κ3) is 6.18. The molecule has 0 fully saturated rings. The molecule has 0 saturated carbocycles. The van der Waals surface area contributed by atoms with Gasteiger partial charge >= 0.3 is 0 Å². The van der Waals surface area contributed by atoms with Gasteiger partial charge in [0.05, 0.1) is 8.07 Å². The number of benzene rings is 2. The summed E-state index contributed by atoms with van der Waals surface area (Å²) in [6, 6.07) is 14.2. The lowest BCUT2D eigenvalue weighted by atomic mass is 9.75. The van der Waals surface area contributed by atoms with Crippen LogP contribution in [-0.2, 0) is 16.2 Å². The minimum Gasteiger partial charge on any atom is -0.0672 e. The van der Waals surface area contributed by atoms with E-state index in [-0.39, 0.29) is 16.2 Å². The Kier molecular flexibility index (Phi) is 7.03. The normalized spacial score (nSPS) is 13.9. The summed E-state index contributed by atoms with van der Waals surface area (Å²) in [6.45, 7) is 28.3. The van der Waals surface area contributed by atoms with Crippen LogP contribution in [0, 0.1) is 0 Å². The molecular weight excluding hydrogens is 395 g/mol. The molecule has 0 unspecified atom stereocenters. The van der Waals surface area contributed by atoms with Crippen LogP contribution >= 0.6 is 8.20 Å². The molecule has 0 saturated heterocycles. The topological polar surface area (TPSA) is 0 Å². The summed E-state index contributed by atoms with van der Waals surface area (Å²) in [4.78, 5) is 0. The number of hydrogen-bond acceptors (Lipinski definition) is 0. The molecule has 0 radical (unpaired) electrons. The first-order valence-electron chi connectivity index (χ1n) is 11.2. The van der Waals surface area contributed by atoms with Crippen LogP contribution in [0.2, 0.25) is 19.6 Å². The first-order valence-corrected chi connectivity index (χ1v) is 15.7. The van der Waals surface area contributed by atoms with E-state index in [2.05, 4.69) is 124 Å². The summed E-state index contributed by atoms with van der Waals surface area (Å²) < 4.78 is 0. The lowest BCUT2D eigenvalue weighted by Gasteiger charge is -2.32. The van der Waals surface area contributed by atoms with Crippen LogP contribution in [0.1, 0.15) is 84.6 Å². The van der Waals surface area contributed by atoms with Crippen LogP contribution < -0.4 is 10.5 Å². The van der Waals surface area contributed by atoms with Gasteiger partial charge in [0.25, 0.3) is 0 Å². The van der Waals surface area contributed by atoms with Crippen molar-refractivity contribution in [2.75, 3.05) is 0 Å². The molecule has 30 heavy (non-hydrogen) atoms. The smallest absolute Gasteiger partial charge is 0.0672 e. The Balaban J connectivity index is 2.66. The molecular formula is C28H43PSi. The van der Waals surface area contributed by atoms with Crippen molar-refractivity contribution in [2.24, 2.45) is 0 Å². The van der Waals surface area contributed by atoms with Crippen LogP contribution in [-0.4, -0.2) is 13.9 Å². The van der Waals surface area contributed by atoms with Crippen LogP contribution in [0.4, 0.5) is 0 Å². The van der Waals surface area contributed by atoms with Gasteiger partial charge in [0, 0.05) is 5.30 Å². The Labute approximate surface area is 189 Å². The molecule has 0 aliphatic rings. The maximum Gasteiger partial charge on any atom is 0.0775 e. The second-order valence-electron chi connectivity index (χ2n) is 12.8. The van der Waals surface area contributed by atoms with Gasteiger partial charge in [-0.3, -0.25) is 0 Å². The van der Waals surface area contributed by atoms with Crippen molar-refractivity contribution in [3.05, 3.63) is 58.7 Å². The zero-order chi connectivity index (χ0) is 23.1. The molecule has 0 amide bonds. The summed E-state index contributed by atoms with van der Waals surface area (Å²) in [5, 5.41) is 3.01. The van der Waals surface area contributed by atoms with E-state index in [1.165, 1.54) is 40.9 Å². The molecule has 2 aromatic rings. The Bertz CT molecular complexity index is 871. The van der Waals surface area contributed by atoms with Gasteiger partial charge in [-0.15, -0.1) is 0 Å². The van der Waals surface area contributed by atoms with E-state index >= 15 is 0 Å². The van der Waals surface area contributed by atoms with Crippen molar-refractivity contribution in [1.29, 1.82) is 0 Å². The fourth-order valence-corrected chi connectivity index (χ4v) is 6.25. The highest BCUT2D eigenvalue weighted by Crippen LogP contribution is 2.35. The van der Waals surface area contributed by atoms with Gasteiger partial charge in [-0.2, -0.15) is 0 Å². The molecule has 0 heterocycles. The van der Waals surface area contributed by atoms with E-state index in [1.54, 1.807) is 0 Å². The number of rotatable bonds is 3. The highest BCUT2D eigenvalue weighted by atomic mass is 31.1. The summed E-state index contributed by atoms with van der Waals surface area (Å²) >= 11 is 0. The Morgan fingerprint density at radius 2 is 1.10 bits per heavy atom. The van der Waals surface area contributed by atoms with Gasteiger partial charge in [0.15, 0.2) is 0 Å². The first kappa shape index (κ1) is 25.1. The molecule has 0 bridgehead atoms. The predicted molar refractivity (Wildman–Crippen MR) is 144 cm³/mol. The zero-order valence-electron chi connectivity index (χ0n) is 21.5. The van der Waals surface area contributed by atoms with Crippen LogP contribution in [0.5, 0.6) is 0 Å². The second kappa shape index (κ2) is 8.40. The van der Waals surface area contributed by atoms with Crippen molar-refractivity contribution in [3.63, 3.8) is 0 Å². The van der Waals surface area contributed by atoms with Gasteiger partial charge < -0.3 is 0 Å². The Morgan fingerprint density at radius 3 is 1.43 bits per heavy atom. The van der Waals surface area contributed by atoms with Gasteiger partial charge in [-0.25, -0.2) is 0 Å². The van der Waals surface area contributed by atoms with Gasteiger partial charge in [0.2, 0.25) is 0 Å². The third-order valence-electron chi connectivity index (χ3n) is 5.71. The van der Waals surface area contributed by atoms with Crippen molar-refractivity contribution in [1.82, 2.24) is 0 Å². The van der Waals surface area contributed by atoms with E-state index < -0.39 is 8.07 Å². The Morgan fingerprint density at radius 1 is 0.667 bits per heavy atom. The van der Waals surface area contributed by atoms with Crippen molar-refractivity contribution in [2.45, 2.75) is 98.2 Å². The zero-order valence-corrected chi connectivity index (χ0v) is 23.4. The fourth-order valence-electron chi connectivity index (χ4n) is 3.56. The first-order chi connectivity index (χ1) is 13.4. The molecule has 0 aliphatic heterocycles. The molecule has 0 nitrogen and oxygen atoms in total. The highest BCUT2D eigenvalue weighted by molar-refractivity contribution is 7.48. The molecule has 164 valence electrons. The maximum absolute atomic E-state index is 2.47. The average Bonchev–Trinajstić information content (AvgIpc) is 2.56. The second-order valence-corrected chi connectivity index (χ2v) is 18.8. The molecule has 2 rings (SSSR count). The van der Waals surface area contributed by atoms with Crippen molar-refractivity contribution >= 4 is 32.6 Å². The van der Waals surface area contributed by atoms with Crippen molar-refractivity contribution < 1.29 is 0 Å². The quantitative estimate of drug-likeness (QED) is 0.343. The molecule has 0 atom stereocenters. The predicted octanol–water partition coefficient (Wildman–Crippen LogP) is 7.55. The van der Waals surface area contributed by atoms with Gasteiger partial charge in [0.1, 0.15) is 0 Å². The van der Waals surface area contributed by atoms with Crippen LogP contribution in [0.25, 0.3) is 0 Å². The lowest BCUT2D eigenvalue weighted by molar-refractivity contribution is 0.554. The molecule has 0 N–H and O–H groups in total. The Hall–Kier alpha value is -1.17.